The van der Waals surface area contributed by atoms with Gasteiger partial charge >= 0.3 is 13.2 Å². The van der Waals surface area contributed by atoms with Crippen molar-refractivity contribution in [3.63, 3.8) is 0 Å². The number of hydrogen-bond donors (Lipinski definition) is 1. The first-order valence-corrected chi connectivity index (χ1v) is 11.0. The van der Waals surface area contributed by atoms with Crippen molar-refractivity contribution in [2.24, 2.45) is 0 Å². The fraction of sp³-hybridized carbons (Fsp3) is 0.360. The van der Waals surface area contributed by atoms with Crippen molar-refractivity contribution in [3.05, 3.63) is 71.0 Å². The highest BCUT2D eigenvalue weighted by molar-refractivity contribution is 6.56. The van der Waals surface area contributed by atoms with E-state index < -0.39 is 24.4 Å². The highest BCUT2D eigenvalue weighted by Crippen LogP contribution is 2.38. The molecule has 1 amide bonds. The monoisotopic (exact) mass is 448 g/mol. The van der Waals surface area contributed by atoms with Gasteiger partial charge in [0.15, 0.2) is 11.5 Å². The summed E-state index contributed by atoms with van der Waals surface area (Å²) < 4.78 is 23.5. The van der Waals surface area contributed by atoms with E-state index in [-0.39, 0.29) is 13.2 Å². The summed E-state index contributed by atoms with van der Waals surface area (Å²) in [5.74, 6) is 0.611. The second kappa shape index (κ2) is 9.04. The maximum Gasteiger partial charge on any atom is 0.492 e. The maximum absolute atomic E-state index is 12.4. The van der Waals surface area contributed by atoms with Crippen LogP contribution in [-0.4, -0.2) is 35.9 Å². The zero-order valence-electron chi connectivity index (χ0n) is 19.7. The van der Waals surface area contributed by atoms with Gasteiger partial charge in [-0.05, 0) is 56.4 Å². The van der Waals surface area contributed by atoms with Gasteiger partial charge in [-0.3, -0.25) is 0 Å². The molecule has 1 saturated heterocycles. The fourth-order valence-corrected chi connectivity index (χ4v) is 3.51. The number of amides is 1. The first-order chi connectivity index (χ1) is 15.6. The Bertz CT molecular complexity index is 1150. The van der Waals surface area contributed by atoms with Crippen LogP contribution in [0.2, 0.25) is 0 Å². The SMILES string of the molecule is Cc1nc2ccc(C=C(CNC(=O)OCc3ccccc3)B3OC(C)(C)C(C)(C)O3)cc2o1. The molecular weight excluding hydrogens is 419 g/mol. The number of aromatic nitrogens is 1. The molecule has 0 atom stereocenters. The lowest BCUT2D eigenvalue weighted by molar-refractivity contribution is 0.00578. The van der Waals surface area contributed by atoms with Crippen molar-refractivity contribution in [2.45, 2.75) is 52.4 Å². The zero-order chi connectivity index (χ0) is 23.6. The van der Waals surface area contributed by atoms with Crippen LogP contribution in [0.25, 0.3) is 17.2 Å². The molecule has 1 aromatic heterocycles. The van der Waals surface area contributed by atoms with Gasteiger partial charge in [0.2, 0.25) is 0 Å². The molecule has 7 nitrogen and oxygen atoms in total. The molecule has 0 spiro atoms. The average molecular weight is 448 g/mol. The molecule has 8 heteroatoms. The third-order valence-corrected chi connectivity index (χ3v) is 6.08. The van der Waals surface area contributed by atoms with E-state index in [1.807, 2.05) is 89.2 Å². The molecule has 172 valence electrons. The highest BCUT2D eigenvalue weighted by Gasteiger charge is 2.52. The molecule has 0 unspecified atom stereocenters. The molecule has 1 N–H and O–H groups in total. The molecule has 3 aromatic rings. The van der Waals surface area contributed by atoms with Gasteiger partial charge in [-0.25, -0.2) is 9.78 Å². The number of ether oxygens (including phenoxy) is 1. The number of oxazole rings is 1. The number of fused-ring (bicyclic) bond motifs is 1. The largest absolute Gasteiger partial charge is 0.492 e. The predicted molar refractivity (Wildman–Crippen MR) is 127 cm³/mol. The number of carbonyl (C=O) groups is 1. The Morgan fingerprint density at radius 1 is 1.09 bits per heavy atom. The van der Waals surface area contributed by atoms with Crippen molar-refractivity contribution in [1.29, 1.82) is 0 Å². The van der Waals surface area contributed by atoms with Crippen molar-refractivity contribution in [1.82, 2.24) is 10.3 Å². The second-order valence-electron chi connectivity index (χ2n) is 9.18. The molecule has 2 aromatic carbocycles. The lowest BCUT2D eigenvalue weighted by Gasteiger charge is -2.32. The van der Waals surface area contributed by atoms with Crippen LogP contribution >= 0.6 is 0 Å². The molecule has 4 rings (SSSR count). The summed E-state index contributed by atoms with van der Waals surface area (Å²) in [7, 11) is -0.614. The van der Waals surface area contributed by atoms with Crippen LogP contribution in [0.3, 0.4) is 0 Å². The minimum absolute atomic E-state index is 0.198. The van der Waals surface area contributed by atoms with E-state index in [0.717, 1.165) is 22.1 Å². The summed E-state index contributed by atoms with van der Waals surface area (Å²) in [5, 5.41) is 2.82. The summed E-state index contributed by atoms with van der Waals surface area (Å²) >= 11 is 0. The van der Waals surface area contributed by atoms with E-state index in [9.17, 15) is 4.79 Å². The number of alkyl carbamates (subject to hydrolysis) is 1. The van der Waals surface area contributed by atoms with Gasteiger partial charge in [-0.2, -0.15) is 0 Å². The molecular formula is C25H29BN2O5. The maximum atomic E-state index is 12.4. The van der Waals surface area contributed by atoms with E-state index in [1.165, 1.54) is 0 Å². The molecule has 0 radical (unpaired) electrons. The first kappa shape index (κ1) is 23.1. The van der Waals surface area contributed by atoms with Gasteiger partial charge in [0.25, 0.3) is 0 Å². The summed E-state index contributed by atoms with van der Waals surface area (Å²) in [4.78, 5) is 16.7. The van der Waals surface area contributed by atoms with Gasteiger partial charge in [-0.15, -0.1) is 0 Å². The van der Waals surface area contributed by atoms with E-state index in [4.69, 9.17) is 18.5 Å². The Morgan fingerprint density at radius 3 is 2.48 bits per heavy atom. The Kier molecular flexibility index (Phi) is 6.32. The van der Waals surface area contributed by atoms with Gasteiger partial charge in [-0.1, -0.05) is 42.5 Å². The number of nitrogens with zero attached hydrogens (tertiary/aromatic N) is 1. The third kappa shape index (κ3) is 5.29. The van der Waals surface area contributed by atoms with Gasteiger partial charge in [0.1, 0.15) is 12.1 Å². The molecule has 33 heavy (non-hydrogen) atoms. The summed E-state index contributed by atoms with van der Waals surface area (Å²) in [6, 6.07) is 15.3. The standard InChI is InChI=1S/C25H29BN2O5/c1-17-28-21-12-11-19(14-22(21)31-17)13-20(26-32-24(2,3)25(4,5)33-26)15-27-23(29)30-16-18-9-7-6-8-10-18/h6-14H,15-16H2,1-5H3,(H,27,29). The van der Waals surface area contributed by atoms with E-state index in [2.05, 4.69) is 10.3 Å². The van der Waals surface area contributed by atoms with E-state index in [1.54, 1.807) is 0 Å². The lowest BCUT2D eigenvalue weighted by Crippen LogP contribution is -2.41. The Labute approximate surface area is 194 Å². The van der Waals surface area contributed by atoms with Crippen molar-refractivity contribution < 1.29 is 23.3 Å². The fourth-order valence-electron chi connectivity index (χ4n) is 3.51. The average Bonchev–Trinajstić information content (AvgIpc) is 3.24. The highest BCUT2D eigenvalue weighted by atomic mass is 16.7. The second-order valence-corrected chi connectivity index (χ2v) is 9.18. The number of aryl methyl sites for hydroxylation is 1. The van der Waals surface area contributed by atoms with Crippen molar-refractivity contribution in [2.75, 3.05) is 6.54 Å². The molecule has 1 aliphatic heterocycles. The molecule has 0 saturated carbocycles. The molecule has 1 aliphatic rings. The molecule has 1 fully saturated rings. The number of hydrogen-bond acceptors (Lipinski definition) is 6. The quantitative estimate of drug-likeness (QED) is 0.530. The van der Waals surface area contributed by atoms with Crippen LogP contribution < -0.4 is 5.32 Å². The van der Waals surface area contributed by atoms with Gasteiger partial charge in [0, 0.05) is 13.5 Å². The van der Waals surface area contributed by atoms with Crippen LogP contribution in [-0.2, 0) is 20.7 Å². The molecule has 0 bridgehead atoms. The van der Waals surface area contributed by atoms with E-state index in [0.29, 0.717) is 11.5 Å². The normalized spacial score (nSPS) is 17.4. The summed E-state index contributed by atoms with van der Waals surface area (Å²) in [5.41, 5.74) is 3.07. The van der Waals surface area contributed by atoms with E-state index >= 15 is 0 Å². The summed E-state index contributed by atoms with van der Waals surface area (Å²) in [6.45, 7) is 10.2. The minimum atomic E-state index is -0.614. The van der Waals surface area contributed by atoms with Crippen LogP contribution in [0, 0.1) is 6.92 Å². The van der Waals surface area contributed by atoms with Gasteiger partial charge in [0.05, 0.1) is 11.2 Å². The lowest BCUT2D eigenvalue weighted by atomic mass is 9.77. The smallest absolute Gasteiger partial charge is 0.445 e. The first-order valence-electron chi connectivity index (χ1n) is 11.0. The number of carbonyl (C=O) groups excluding carboxylic acids is 1. The van der Waals surface area contributed by atoms with Crippen LogP contribution in [0.1, 0.15) is 44.7 Å². The minimum Gasteiger partial charge on any atom is -0.445 e. The Hall–Kier alpha value is -3.10. The predicted octanol–water partition coefficient (Wildman–Crippen LogP) is 5.08. The zero-order valence-corrected chi connectivity index (χ0v) is 19.7. The third-order valence-electron chi connectivity index (χ3n) is 6.08. The summed E-state index contributed by atoms with van der Waals surface area (Å²) in [6.07, 6.45) is 1.43. The topological polar surface area (TPSA) is 82.8 Å². The molecule has 0 aliphatic carbocycles. The van der Waals surface area contributed by atoms with Crippen LogP contribution in [0.15, 0.2) is 58.4 Å². The molecule has 2 heterocycles. The Balaban J connectivity index is 1.52. The number of nitrogens with one attached hydrogen (secondary N) is 1. The van der Waals surface area contributed by atoms with Gasteiger partial charge < -0.3 is 23.8 Å². The number of benzene rings is 2. The van der Waals surface area contributed by atoms with Crippen molar-refractivity contribution >= 4 is 30.4 Å². The van der Waals surface area contributed by atoms with Crippen molar-refractivity contribution in [3.8, 4) is 0 Å². The Morgan fingerprint density at radius 2 is 1.79 bits per heavy atom. The van der Waals surface area contributed by atoms with Crippen LogP contribution in [0.4, 0.5) is 4.79 Å². The van der Waals surface area contributed by atoms with Crippen LogP contribution in [0.5, 0.6) is 0 Å². The number of rotatable bonds is 6.